The highest BCUT2D eigenvalue weighted by molar-refractivity contribution is 6.31. The predicted octanol–water partition coefficient (Wildman–Crippen LogP) is 5.01. The molecule has 15 heteroatoms. The minimum atomic E-state index is -0.802. The molecule has 0 spiro atoms. The molecule has 264 valence electrons. The molecule has 1 aromatic heterocycles. The number of halogens is 2. The van der Waals surface area contributed by atoms with Crippen molar-refractivity contribution in [2.24, 2.45) is 0 Å². The maximum Gasteiger partial charge on any atom is 0.412 e. The van der Waals surface area contributed by atoms with E-state index in [9.17, 15) is 28.7 Å². The lowest BCUT2D eigenvalue weighted by atomic mass is 10.1. The number of hydrogen-bond donors (Lipinski definition) is 3. The number of hydrogen-bond acceptors (Lipinski definition) is 8. The van der Waals surface area contributed by atoms with Gasteiger partial charge < -0.3 is 29.7 Å². The number of ether oxygens (including phenoxy) is 2. The summed E-state index contributed by atoms with van der Waals surface area (Å²) in [4.78, 5) is 60.5. The van der Waals surface area contributed by atoms with Gasteiger partial charge in [0.1, 0.15) is 23.8 Å². The molecular formula is C34H42ClFN6O7. The molecule has 1 saturated heterocycles. The van der Waals surface area contributed by atoms with Crippen molar-refractivity contribution in [1.82, 2.24) is 25.0 Å². The number of fused-ring (bicyclic) bond motifs is 1. The number of aliphatic hydroxyl groups excluding tert-OH is 1. The number of carbonyl (C=O) groups is 4. The third-order valence-electron chi connectivity index (χ3n) is 7.96. The van der Waals surface area contributed by atoms with Crippen molar-refractivity contribution in [3.63, 3.8) is 0 Å². The third-order valence-corrected chi connectivity index (χ3v) is 8.39. The SMILES string of the molecule is CN(C(=O)NCc1cccc(F)c1Cl)[C@@H](CCC(=O)N1CCN(C(=O)OC(C)(C)C)C(CO)C1)COC(=O)Nc1cc2ccccc2cn1. The monoisotopic (exact) mass is 700 g/mol. The largest absolute Gasteiger partial charge is 0.447 e. The minimum absolute atomic E-state index is 0.0280. The summed E-state index contributed by atoms with van der Waals surface area (Å²) in [7, 11) is 1.49. The number of aliphatic hydroxyl groups is 1. The zero-order valence-electron chi connectivity index (χ0n) is 27.9. The maximum atomic E-state index is 13.9. The van der Waals surface area contributed by atoms with Crippen LogP contribution >= 0.6 is 11.6 Å². The predicted molar refractivity (Wildman–Crippen MR) is 182 cm³/mol. The molecule has 0 aliphatic carbocycles. The van der Waals surface area contributed by atoms with E-state index in [-0.39, 0.29) is 69.0 Å². The van der Waals surface area contributed by atoms with Crippen LogP contribution in [0, 0.1) is 5.82 Å². The standard InChI is InChI=1S/C34H42ClFN6O7/c1-34(2,3)49-33(47)42-15-14-41(19-26(42)20-43)29(44)13-12-25(40(4)31(45)38-18-24-10-7-11-27(36)30(24)35)21-48-32(46)39-28-16-22-8-5-6-9-23(22)17-37-28/h5-11,16-17,25-26,43H,12-15,18-21H2,1-4H3,(H,38,45)(H,37,39,46)/t25-,26?/m0/s1. The van der Waals surface area contributed by atoms with E-state index in [1.54, 1.807) is 44.0 Å². The van der Waals surface area contributed by atoms with Crippen molar-refractivity contribution in [3.8, 4) is 0 Å². The molecule has 1 aliphatic heterocycles. The van der Waals surface area contributed by atoms with Gasteiger partial charge in [0.05, 0.1) is 23.7 Å². The Morgan fingerprint density at radius 1 is 1.12 bits per heavy atom. The van der Waals surface area contributed by atoms with Gasteiger partial charge >= 0.3 is 18.2 Å². The molecule has 2 heterocycles. The minimum Gasteiger partial charge on any atom is -0.447 e. The average molecular weight is 701 g/mol. The molecule has 4 rings (SSSR count). The fraction of sp³-hybridized carbons (Fsp3) is 0.441. The topological polar surface area (TPSA) is 154 Å². The van der Waals surface area contributed by atoms with Gasteiger partial charge in [0.25, 0.3) is 0 Å². The van der Waals surface area contributed by atoms with Crippen LogP contribution in [0.1, 0.15) is 39.2 Å². The van der Waals surface area contributed by atoms with Gasteiger partial charge in [-0.05, 0) is 50.3 Å². The summed E-state index contributed by atoms with van der Waals surface area (Å²) in [5.41, 5.74) is -0.344. The van der Waals surface area contributed by atoms with Crippen LogP contribution < -0.4 is 10.6 Å². The van der Waals surface area contributed by atoms with Gasteiger partial charge in [-0.15, -0.1) is 0 Å². The van der Waals surface area contributed by atoms with E-state index in [1.165, 1.54) is 29.0 Å². The molecule has 0 radical (unpaired) electrons. The van der Waals surface area contributed by atoms with Crippen LogP contribution in [0.2, 0.25) is 5.02 Å². The van der Waals surface area contributed by atoms with E-state index in [0.29, 0.717) is 5.56 Å². The zero-order chi connectivity index (χ0) is 35.7. The first-order valence-corrected chi connectivity index (χ1v) is 16.2. The highest BCUT2D eigenvalue weighted by Gasteiger charge is 2.35. The Morgan fingerprint density at radius 3 is 2.57 bits per heavy atom. The molecule has 49 heavy (non-hydrogen) atoms. The summed E-state index contributed by atoms with van der Waals surface area (Å²) >= 11 is 6.04. The van der Waals surface area contributed by atoms with Crippen molar-refractivity contribution >= 4 is 52.3 Å². The fourth-order valence-electron chi connectivity index (χ4n) is 5.25. The maximum absolute atomic E-state index is 13.9. The molecule has 13 nitrogen and oxygen atoms in total. The number of urea groups is 1. The molecule has 2 atom stereocenters. The summed E-state index contributed by atoms with van der Waals surface area (Å²) in [6, 6.07) is 11.5. The van der Waals surface area contributed by atoms with Gasteiger partial charge in [0, 0.05) is 51.2 Å². The lowest BCUT2D eigenvalue weighted by molar-refractivity contribution is -0.135. The van der Waals surface area contributed by atoms with E-state index in [4.69, 9.17) is 21.1 Å². The number of carbonyl (C=O) groups excluding carboxylic acids is 4. The Bertz CT molecular complexity index is 1650. The van der Waals surface area contributed by atoms with Crippen molar-refractivity contribution < 1.29 is 38.1 Å². The average Bonchev–Trinajstić information content (AvgIpc) is 3.07. The molecule has 1 unspecified atom stereocenters. The van der Waals surface area contributed by atoms with E-state index < -0.39 is 41.7 Å². The fourth-order valence-corrected chi connectivity index (χ4v) is 5.44. The van der Waals surface area contributed by atoms with Gasteiger partial charge in [-0.25, -0.2) is 23.8 Å². The number of likely N-dealkylation sites (N-methyl/N-ethyl adjacent to an activating group) is 1. The van der Waals surface area contributed by atoms with Crippen molar-refractivity contribution in [2.75, 3.05) is 45.2 Å². The number of pyridine rings is 1. The van der Waals surface area contributed by atoms with Gasteiger partial charge in [-0.2, -0.15) is 0 Å². The summed E-state index contributed by atoms with van der Waals surface area (Å²) < 4.78 is 24.8. The van der Waals surface area contributed by atoms with E-state index in [2.05, 4.69) is 15.6 Å². The number of amides is 5. The highest BCUT2D eigenvalue weighted by atomic mass is 35.5. The number of anilines is 1. The first-order valence-electron chi connectivity index (χ1n) is 15.9. The van der Waals surface area contributed by atoms with Crippen LogP contribution in [0.4, 0.5) is 24.6 Å². The van der Waals surface area contributed by atoms with Crippen LogP contribution in [0.25, 0.3) is 10.8 Å². The lowest BCUT2D eigenvalue weighted by Gasteiger charge is -2.41. The zero-order valence-corrected chi connectivity index (χ0v) is 28.7. The Kier molecular flexibility index (Phi) is 12.6. The second-order valence-electron chi connectivity index (χ2n) is 12.7. The molecule has 1 aliphatic rings. The van der Waals surface area contributed by atoms with E-state index >= 15 is 0 Å². The number of rotatable bonds is 10. The number of nitrogens with zero attached hydrogens (tertiary/aromatic N) is 4. The smallest absolute Gasteiger partial charge is 0.412 e. The van der Waals surface area contributed by atoms with Crippen LogP contribution in [-0.2, 0) is 20.8 Å². The van der Waals surface area contributed by atoms with Gasteiger partial charge in [-0.3, -0.25) is 15.0 Å². The van der Waals surface area contributed by atoms with Gasteiger partial charge in [0.15, 0.2) is 0 Å². The normalized spacial score (nSPS) is 15.4. The molecule has 1 fully saturated rings. The second kappa shape index (κ2) is 16.6. The van der Waals surface area contributed by atoms with Crippen LogP contribution in [-0.4, -0.2) is 106 Å². The number of nitrogens with one attached hydrogen (secondary N) is 2. The first kappa shape index (κ1) is 37.1. The summed E-state index contributed by atoms with van der Waals surface area (Å²) in [5, 5.41) is 16.9. The Labute approximate surface area is 289 Å². The number of benzene rings is 2. The van der Waals surface area contributed by atoms with Crippen LogP contribution in [0.15, 0.2) is 54.7 Å². The van der Waals surface area contributed by atoms with Crippen molar-refractivity contribution in [2.45, 2.75) is 57.8 Å². The van der Waals surface area contributed by atoms with Crippen LogP contribution in [0.3, 0.4) is 0 Å². The van der Waals surface area contributed by atoms with Crippen molar-refractivity contribution in [3.05, 3.63) is 71.1 Å². The van der Waals surface area contributed by atoms with Gasteiger partial charge in [-0.1, -0.05) is 48.0 Å². The Hall–Kier alpha value is -4.69. The van der Waals surface area contributed by atoms with Gasteiger partial charge in [0.2, 0.25) is 5.91 Å². The lowest BCUT2D eigenvalue weighted by Crippen LogP contribution is -2.58. The number of piperazine rings is 1. The van der Waals surface area contributed by atoms with Crippen LogP contribution in [0.5, 0.6) is 0 Å². The van der Waals surface area contributed by atoms with E-state index in [0.717, 1.165) is 10.8 Å². The van der Waals surface area contributed by atoms with Crippen molar-refractivity contribution in [1.29, 1.82) is 0 Å². The first-order chi connectivity index (χ1) is 23.3. The van der Waals surface area contributed by atoms with E-state index in [1.807, 2.05) is 24.3 Å². The molecule has 0 saturated carbocycles. The highest BCUT2D eigenvalue weighted by Crippen LogP contribution is 2.21. The molecule has 3 N–H and O–H groups in total. The number of aromatic nitrogens is 1. The Morgan fingerprint density at radius 2 is 1.86 bits per heavy atom. The Balaban J connectivity index is 1.39. The molecule has 2 aromatic carbocycles. The summed E-state index contributed by atoms with van der Waals surface area (Å²) in [6.45, 7) is 5.05. The quantitative estimate of drug-likeness (QED) is 0.267. The molecule has 5 amide bonds. The summed E-state index contributed by atoms with van der Waals surface area (Å²) in [6.07, 6.45) is 0.335. The molecule has 0 bridgehead atoms. The second-order valence-corrected chi connectivity index (χ2v) is 13.0. The summed E-state index contributed by atoms with van der Waals surface area (Å²) in [5.74, 6) is -0.608. The third kappa shape index (κ3) is 10.4. The molecule has 3 aromatic rings. The molecular weight excluding hydrogens is 659 g/mol.